The Hall–Kier alpha value is -2.12. The summed E-state index contributed by atoms with van der Waals surface area (Å²) in [7, 11) is 0. The third-order valence-corrected chi connectivity index (χ3v) is 2.97. The number of nitrogens with zero attached hydrogens (tertiary/aromatic N) is 4. The predicted octanol–water partition coefficient (Wildman–Crippen LogP) is 3.20. The van der Waals surface area contributed by atoms with Gasteiger partial charge in [-0.15, -0.1) is 5.10 Å². The molecular formula is C13H16F3N5. The van der Waals surface area contributed by atoms with E-state index < -0.39 is 12.6 Å². The standard InChI is InChI=1S/C13H16F3N5/c1-10(4-3-7-13(14,15)16)18-11-5-2-6-12(8-11)21-9-17-19-20-21/h2,5-6,8-10,18H,3-4,7H2,1H3. The molecule has 0 spiro atoms. The first-order valence-electron chi connectivity index (χ1n) is 6.61. The molecule has 0 bridgehead atoms. The quantitative estimate of drug-likeness (QED) is 0.890. The highest BCUT2D eigenvalue weighted by Gasteiger charge is 2.26. The molecule has 0 aliphatic rings. The fourth-order valence-corrected chi connectivity index (χ4v) is 1.98. The molecule has 0 saturated heterocycles. The van der Waals surface area contributed by atoms with Crippen LogP contribution in [0.5, 0.6) is 0 Å². The number of hydrogen-bond acceptors (Lipinski definition) is 4. The van der Waals surface area contributed by atoms with Crippen LogP contribution in [0.3, 0.4) is 0 Å². The van der Waals surface area contributed by atoms with Crippen molar-refractivity contribution in [3.8, 4) is 5.69 Å². The molecule has 21 heavy (non-hydrogen) atoms. The number of benzene rings is 1. The highest BCUT2D eigenvalue weighted by Crippen LogP contribution is 2.23. The summed E-state index contributed by atoms with van der Waals surface area (Å²) < 4.78 is 37.8. The number of alkyl halides is 3. The molecule has 0 fully saturated rings. The molecule has 5 nitrogen and oxygen atoms in total. The third-order valence-electron chi connectivity index (χ3n) is 2.97. The van der Waals surface area contributed by atoms with E-state index in [-0.39, 0.29) is 12.5 Å². The van der Waals surface area contributed by atoms with Crippen LogP contribution in [0.1, 0.15) is 26.2 Å². The van der Waals surface area contributed by atoms with Gasteiger partial charge in [-0.25, -0.2) is 4.68 Å². The molecule has 0 aliphatic carbocycles. The van der Waals surface area contributed by atoms with Crippen LogP contribution in [0.2, 0.25) is 0 Å². The number of tetrazole rings is 1. The zero-order valence-electron chi connectivity index (χ0n) is 11.5. The maximum absolute atomic E-state index is 12.1. The fourth-order valence-electron chi connectivity index (χ4n) is 1.98. The number of aromatic nitrogens is 4. The molecule has 114 valence electrons. The van der Waals surface area contributed by atoms with E-state index in [0.717, 1.165) is 11.4 Å². The summed E-state index contributed by atoms with van der Waals surface area (Å²) in [5.41, 5.74) is 1.61. The highest BCUT2D eigenvalue weighted by molar-refractivity contribution is 5.51. The Labute approximate surface area is 120 Å². The minimum Gasteiger partial charge on any atom is -0.383 e. The number of nitrogens with one attached hydrogen (secondary N) is 1. The Morgan fingerprint density at radius 2 is 2.14 bits per heavy atom. The molecule has 1 aromatic heterocycles. The lowest BCUT2D eigenvalue weighted by Gasteiger charge is -2.16. The van der Waals surface area contributed by atoms with E-state index in [1.807, 2.05) is 31.2 Å². The Morgan fingerprint density at radius 1 is 1.33 bits per heavy atom. The van der Waals surface area contributed by atoms with E-state index in [1.165, 1.54) is 11.0 Å². The monoisotopic (exact) mass is 299 g/mol. The van der Waals surface area contributed by atoms with Gasteiger partial charge >= 0.3 is 6.18 Å². The highest BCUT2D eigenvalue weighted by atomic mass is 19.4. The minimum absolute atomic E-state index is 0.0449. The van der Waals surface area contributed by atoms with Gasteiger partial charge in [-0.3, -0.25) is 0 Å². The van der Waals surface area contributed by atoms with Gasteiger partial charge in [-0.05, 0) is 48.4 Å². The zero-order chi connectivity index (χ0) is 15.3. The normalized spacial score (nSPS) is 13.1. The molecular weight excluding hydrogens is 283 g/mol. The van der Waals surface area contributed by atoms with Crippen molar-refractivity contribution >= 4 is 5.69 Å². The molecule has 1 aromatic carbocycles. The summed E-state index contributed by atoms with van der Waals surface area (Å²) in [5, 5.41) is 14.1. The average molecular weight is 299 g/mol. The van der Waals surface area contributed by atoms with Gasteiger partial charge in [0.2, 0.25) is 0 Å². The van der Waals surface area contributed by atoms with Gasteiger partial charge in [0.05, 0.1) is 5.69 Å². The van der Waals surface area contributed by atoms with Crippen LogP contribution in [0, 0.1) is 0 Å². The number of rotatable bonds is 6. The second kappa shape index (κ2) is 6.55. The topological polar surface area (TPSA) is 55.6 Å². The lowest BCUT2D eigenvalue weighted by atomic mass is 10.1. The van der Waals surface area contributed by atoms with Crippen molar-refractivity contribution in [3.05, 3.63) is 30.6 Å². The van der Waals surface area contributed by atoms with Gasteiger partial charge in [-0.2, -0.15) is 13.2 Å². The van der Waals surface area contributed by atoms with Crippen molar-refractivity contribution in [1.82, 2.24) is 20.2 Å². The van der Waals surface area contributed by atoms with Crippen molar-refractivity contribution in [2.45, 2.75) is 38.4 Å². The van der Waals surface area contributed by atoms with E-state index in [4.69, 9.17) is 0 Å². The summed E-state index contributed by atoms with van der Waals surface area (Å²) in [6.45, 7) is 1.86. The molecule has 2 aromatic rings. The van der Waals surface area contributed by atoms with E-state index in [0.29, 0.717) is 6.42 Å². The summed E-state index contributed by atoms with van der Waals surface area (Å²) in [6, 6.07) is 7.33. The zero-order valence-corrected chi connectivity index (χ0v) is 11.5. The second-order valence-corrected chi connectivity index (χ2v) is 4.86. The van der Waals surface area contributed by atoms with Crippen LogP contribution in [-0.4, -0.2) is 32.4 Å². The molecule has 0 amide bonds. The Balaban J connectivity index is 1.89. The molecule has 2 rings (SSSR count). The molecule has 1 heterocycles. The maximum Gasteiger partial charge on any atom is 0.389 e. The Morgan fingerprint density at radius 3 is 2.81 bits per heavy atom. The van der Waals surface area contributed by atoms with E-state index >= 15 is 0 Å². The van der Waals surface area contributed by atoms with Crippen molar-refractivity contribution in [2.24, 2.45) is 0 Å². The molecule has 0 aliphatic heterocycles. The van der Waals surface area contributed by atoms with Gasteiger partial charge in [0, 0.05) is 18.2 Å². The first kappa shape index (κ1) is 15.3. The first-order valence-corrected chi connectivity index (χ1v) is 6.61. The number of halogens is 3. The molecule has 0 radical (unpaired) electrons. The van der Waals surface area contributed by atoms with Gasteiger partial charge in [0.1, 0.15) is 6.33 Å². The SMILES string of the molecule is CC(CCCC(F)(F)F)Nc1cccc(-n2cnnn2)c1. The van der Waals surface area contributed by atoms with Crippen LogP contribution in [-0.2, 0) is 0 Å². The lowest BCUT2D eigenvalue weighted by molar-refractivity contribution is -0.135. The number of hydrogen-bond donors (Lipinski definition) is 1. The van der Waals surface area contributed by atoms with Crippen LogP contribution >= 0.6 is 0 Å². The van der Waals surface area contributed by atoms with Gasteiger partial charge in [0.25, 0.3) is 0 Å². The second-order valence-electron chi connectivity index (χ2n) is 4.86. The summed E-state index contributed by atoms with van der Waals surface area (Å²) in [4.78, 5) is 0. The molecule has 1 unspecified atom stereocenters. The van der Waals surface area contributed by atoms with Gasteiger partial charge in [0.15, 0.2) is 0 Å². The first-order chi connectivity index (χ1) is 9.94. The van der Waals surface area contributed by atoms with E-state index in [1.54, 1.807) is 0 Å². The smallest absolute Gasteiger partial charge is 0.383 e. The predicted molar refractivity (Wildman–Crippen MR) is 72.1 cm³/mol. The van der Waals surface area contributed by atoms with E-state index in [2.05, 4.69) is 20.8 Å². The third kappa shape index (κ3) is 5.05. The van der Waals surface area contributed by atoms with Crippen LogP contribution in [0.15, 0.2) is 30.6 Å². The molecule has 0 saturated carbocycles. The summed E-state index contributed by atoms with van der Waals surface area (Å²) in [5.74, 6) is 0. The lowest BCUT2D eigenvalue weighted by Crippen LogP contribution is -2.16. The summed E-state index contributed by atoms with van der Waals surface area (Å²) >= 11 is 0. The van der Waals surface area contributed by atoms with Crippen molar-refractivity contribution < 1.29 is 13.2 Å². The molecule has 1 atom stereocenters. The minimum atomic E-state index is -4.08. The maximum atomic E-state index is 12.1. The molecule has 8 heteroatoms. The Kier molecular flexibility index (Phi) is 4.77. The van der Waals surface area contributed by atoms with Gasteiger partial charge in [-0.1, -0.05) is 6.07 Å². The van der Waals surface area contributed by atoms with Gasteiger partial charge < -0.3 is 5.32 Å². The largest absolute Gasteiger partial charge is 0.389 e. The van der Waals surface area contributed by atoms with Crippen molar-refractivity contribution in [2.75, 3.05) is 5.32 Å². The Bertz CT molecular complexity index is 553. The fraction of sp³-hybridized carbons (Fsp3) is 0.462. The van der Waals surface area contributed by atoms with Crippen molar-refractivity contribution in [3.63, 3.8) is 0 Å². The number of anilines is 1. The van der Waals surface area contributed by atoms with Crippen molar-refractivity contribution in [1.29, 1.82) is 0 Å². The van der Waals surface area contributed by atoms with E-state index in [9.17, 15) is 13.2 Å². The van der Waals surface area contributed by atoms with Crippen LogP contribution < -0.4 is 5.32 Å². The van der Waals surface area contributed by atoms with Crippen LogP contribution in [0.4, 0.5) is 18.9 Å². The molecule has 1 N–H and O–H groups in total. The average Bonchev–Trinajstić information content (AvgIpc) is 2.91. The van der Waals surface area contributed by atoms with Crippen LogP contribution in [0.25, 0.3) is 5.69 Å². The summed E-state index contributed by atoms with van der Waals surface area (Å²) in [6.07, 6.45) is -2.78.